The first-order valence-electron chi connectivity index (χ1n) is 10.0. The summed E-state index contributed by atoms with van der Waals surface area (Å²) in [5, 5.41) is 3.11. The summed E-state index contributed by atoms with van der Waals surface area (Å²) < 4.78 is 10.6. The second-order valence-electron chi connectivity index (χ2n) is 7.41. The molecule has 2 unspecified atom stereocenters. The SMILES string of the molecule is CCOC(=O)C(CCc1ccccc1OC)C1(C)NC(=O)N(c2cccc(Cl)c2)C1=O. The Labute approximate surface area is 186 Å². The van der Waals surface area contributed by atoms with E-state index in [0.717, 1.165) is 10.5 Å². The second kappa shape index (κ2) is 9.39. The van der Waals surface area contributed by atoms with Crippen LogP contribution in [-0.2, 0) is 20.7 Å². The molecular weight excluding hydrogens is 420 g/mol. The van der Waals surface area contributed by atoms with E-state index in [9.17, 15) is 14.4 Å². The zero-order valence-electron chi connectivity index (χ0n) is 17.7. The van der Waals surface area contributed by atoms with Crippen LogP contribution in [-0.4, -0.2) is 37.2 Å². The molecule has 1 saturated heterocycles. The summed E-state index contributed by atoms with van der Waals surface area (Å²) >= 11 is 6.03. The molecule has 2 aromatic rings. The van der Waals surface area contributed by atoms with Gasteiger partial charge in [-0.15, -0.1) is 0 Å². The van der Waals surface area contributed by atoms with Crippen molar-refractivity contribution in [3.05, 3.63) is 59.1 Å². The molecule has 1 aliphatic rings. The maximum Gasteiger partial charge on any atom is 0.329 e. The van der Waals surface area contributed by atoms with E-state index in [1.54, 1.807) is 39.2 Å². The lowest BCUT2D eigenvalue weighted by atomic mass is 9.81. The number of halogens is 1. The predicted molar refractivity (Wildman–Crippen MR) is 117 cm³/mol. The van der Waals surface area contributed by atoms with E-state index in [1.807, 2.05) is 24.3 Å². The van der Waals surface area contributed by atoms with Crippen molar-refractivity contribution >= 4 is 35.2 Å². The van der Waals surface area contributed by atoms with Gasteiger partial charge in [-0.05, 0) is 56.5 Å². The number of urea groups is 1. The Balaban J connectivity index is 1.91. The minimum absolute atomic E-state index is 0.167. The molecule has 1 heterocycles. The van der Waals surface area contributed by atoms with Crippen LogP contribution in [0.2, 0.25) is 5.02 Å². The highest BCUT2D eigenvalue weighted by Gasteiger charge is 2.55. The first-order chi connectivity index (χ1) is 14.8. The fourth-order valence-corrected chi connectivity index (χ4v) is 4.02. The number of para-hydroxylation sites is 1. The average molecular weight is 445 g/mol. The normalized spacial score (nSPS) is 19.2. The Morgan fingerprint density at radius 3 is 2.61 bits per heavy atom. The molecule has 1 aliphatic heterocycles. The number of nitrogens with one attached hydrogen (secondary N) is 1. The van der Waals surface area contributed by atoms with E-state index in [2.05, 4.69) is 5.32 Å². The molecule has 0 spiro atoms. The van der Waals surface area contributed by atoms with Gasteiger partial charge in [0, 0.05) is 5.02 Å². The topological polar surface area (TPSA) is 84.9 Å². The van der Waals surface area contributed by atoms with Crippen molar-refractivity contribution in [3.8, 4) is 5.75 Å². The summed E-state index contributed by atoms with van der Waals surface area (Å²) in [6.07, 6.45) is 0.745. The van der Waals surface area contributed by atoms with E-state index in [0.29, 0.717) is 22.9 Å². The number of carbonyl (C=O) groups excluding carboxylic acids is 3. The lowest BCUT2D eigenvalue weighted by Gasteiger charge is -2.30. The lowest BCUT2D eigenvalue weighted by molar-refractivity contribution is -0.153. The molecule has 2 atom stereocenters. The van der Waals surface area contributed by atoms with Gasteiger partial charge in [0.25, 0.3) is 5.91 Å². The number of aryl methyl sites for hydroxylation is 1. The van der Waals surface area contributed by atoms with Gasteiger partial charge in [-0.1, -0.05) is 35.9 Å². The van der Waals surface area contributed by atoms with Crippen molar-refractivity contribution in [1.82, 2.24) is 5.32 Å². The smallest absolute Gasteiger partial charge is 0.329 e. The minimum Gasteiger partial charge on any atom is -0.496 e. The number of anilines is 1. The number of imide groups is 1. The van der Waals surface area contributed by atoms with Crippen LogP contribution < -0.4 is 15.0 Å². The monoisotopic (exact) mass is 444 g/mol. The number of carbonyl (C=O) groups is 3. The Morgan fingerprint density at radius 2 is 1.94 bits per heavy atom. The third kappa shape index (κ3) is 4.51. The van der Waals surface area contributed by atoms with Crippen molar-refractivity contribution in [2.24, 2.45) is 5.92 Å². The average Bonchev–Trinajstić information content (AvgIpc) is 2.97. The molecular formula is C23H25ClN2O5. The molecule has 0 saturated carbocycles. The maximum absolute atomic E-state index is 13.4. The number of esters is 1. The van der Waals surface area contributed by atoms with E-state index >= 15 is 0 Å². The van der Waals surface area contributed by atoms with Crippen LogP contribution >= 0.6 is 11.6 Å². The molecule has 3 amide bonds. The molecule has 0 radical (unpaired) electrons. The number of amides is 3. The molecule has 0 aromatic heterocycles. The van der Waals surface area contributed by atoms with Crippen LogP contribution in [0.5, 0.6) is 5.75 Å². The van der Waals surface area contributed by atoms with Crippen molar-refractivity contribution in [1.29, 1.82) is 0 Å². The fraction of sp³-hybridized carbons (Fsp3) is 0.348. The molecule has 1 N–H and O–H groups in total. The van der Waals surface area contributed by atoms with Gasteiger partial charge in [0.15, 0.2) is 0 Å². The number of ether oxygens (including phenoxy) is 2. The van der Waals surface area contributed by atoms with Gasteiger partial charge in [-0.25, -0.2) is 9.69 Å². The zero-order chi connectivity index (χ0) is 22.6. The van der Waals surface area contributed by atoms with E-state index in [-0.39, 0.29) is 13.0 Å². The Kier molecular flexibility index (Phi) is 6.85. The summed E-state index contributed by atoms with van der Waals surface area (Å²) in [6.45, 7) is 3.42. The quantitative estimate of drug-likeness (QED) is 0.491. The van der Waals surface area contributed by atoms with Crippen molar-refractivity contribution < 1.29 is 23.9 Å². The molecule has 8 heteroatoms. The number of benzene rings is 2. The summed E-state index contributed by atoms with van der Waals surface area (Å²) in [5.74, 6) is -1.27. The highest BCUT2D eigenvalue weighted by Crippen LogP contribution is 2.34. The highest BCUT2D eigenvalue weighted by molar-refractivity contribution is 6.31. The van der Waals surface area contributed by atoms with Crippen LogP contribution in [0.25, 0.3) is 0 Å². The molecule has 0 aliphatic carbocycles. The lowest BCUT2D eigenvalue weighted by Crippen LogP contribution is -2.54. The van der Waals surface area contributed by atoms with Gasteiger partial charge in [0.2, 0.25) is 0 Å². The van der Waals surface area contributed by atoms with Gasteiger partial charge in [0.05, 0.1) is 25.3 Å². The van der Waals surface area contributed by atoms with Crippen LogP contribution in [0.4, 0.5) is 10.5 Å². The summed E-state index contributed by atoms with van der Waals surface area (Å²) in [4.78, 5) is 40.0. The summed E-state index contributed by atoms with van der Waals surface area (Å²) in [6, 6.07) is 13.3. The fourth-order valence-electron chi connectivity index (χ4n) is 3.84. The molecule has 1 fully saturated rings. The van der Waals surface area contributed by atoms with Gasteiger partial charge >= 0.3 is 12.0 Å². The zero-order valence-corrected chi connectivity index (χ0v) is 18.4. The molecule has 164 valence electrons. The Bertz CT molecular complexity index is 995. The predicted octanol–water partition coefficient (Wildman–Crippen LogP) is 3.98. The summed E-state index contributed by atoms with van der Waals surface area (Å²) in [7, 11) is 1.58. The first-order valence-corrected chi connectivity index (χ1v) is 10.4. The highest BCUT2D eigenvalue weighted by atomic mass is 35.5. The molecule has 0 bridgehead atoms. The van der Waals surface area contributed by atoms with Crippen LogP contribution in [0, 0.1) is 5.92 Å². The number of nitrogens with zero attached hydrogens (tertiary/aromatic N) is 1. The number of hydrogen-bond donors (Lipinski definition) is 1. The van der Waals surface area contributed by atoms with Gasteiger partial charge < -0.3 is 14.8 Å². The second-order valence-corrected chi connectivity index (χ2v) is 7.84. The van der Waals surface area contributed by atoms with Gasteiger partial charge in [0.1, 0.15) is 11.3 Å². The van der Waals surface area contributed by atoms with Crippen molar-refractivity contribution in [2.45, 2.75) is 32.2 Å². The van der Waals surface area contributed by atoms with Gasteiger partial charge in [-0.3, -0.25) is 9.59 Å². The largest absolute Gasteiger partial charge is 0.496 e. The number of rotatable bonds is 8. The number of hydrogen-bond acceptors (Lipinski definition) is 5. The minimum atomic E-state index is -1.46. The van der Waals surface area contributed by atoms with Crippen molar-refractivity contribution in [2.75, 3.05) is 18.6 Å². The van der Waals surface area contributed by atoms with Crippen LogP contribution in [0.1, 0.15) is 25.8 Å². The first kappa shape index (κ1) is 22.6. The molecule has 3 rings (SSSR count). The molecule has 7 nitrogen and oxygen atoms in total. The molecule has 31 heavy (non-hydrogen) atoms. The Hall–Kier alpha value is -3.06. The maximum atomic E-state index is 13.4. The van der Waals surface area contributed by atoms with Crippen LogP contribution in [0.15, 0.2) is 48.5 Å². The van der Waals surface area contributed by atoms with Crippen LogP contribution in [0.3, 0.4) is 0 Å². The van der Waals surface area contributed by atoms with E-state index in [1.165, 1.54) is 6.07 Å². The van der Waals surface area contributed by atoms with Crippen molar-refractivity contribution in [3.63, 3.8) is 0 Å². The summed E-state index contributed by atoms with van der Waals surface area (Å²) in [5.41, 5.74) is -0.231. The number of methoxy groups -OCH3 is 1. The van der Waals surface area contributed by atoms with Gasteiger partial charge in [-0.2, -0.15) is 0 Å². The Morgan fingerprint density at radius 1 is 1.19 bits per heavy atom. The standard InChI is InChI=1S/C23H25ClN2O5/c1-4-31-20(27)18(13-12-15-8-5-6-11-19(15)30-3)23(2)21(28)26(22(29)25-23)17-10-7-9-16(24)14-17/h5-11,14,18H,4,12-13H2,1-3H3,(H,25,29). The van der Waals surface area contributed by atoms with E-state index in [4.69, 9.17) is 21.1 Å². The van der Waals surface area contributed by atoms with E-state index < -0.39 is 29.4 Å². The third-order valence-electron chi connectivity index (χ3n) is 5.45. The molecule has 2 aromatic carbocycles. The third-order valence-corrected chi connectivity index (χ3v) is 5.68.